The highest BCUT2D eigenvalue weighted by Crippen LogP contribution is 2.38. The Morgan fingerprint density at radius 2 is 1.94 bits per heavy atom. The lowest BCUT2D eigenvalue weighted by molar-refractivity contribution is -0.120. The highest BCUT2D eigenvalue weighted by Gasteiger charge is 2.50. The maximum Gasteiger partial charge on any atom is 0.259 e. The second kappa shape index (κ2) is 8.59. The minimum absolute atomic E-state index is 0.0901. The Labute approximate surface area is 185 Å². The summed E-state index contributed by atoms with van der Waals surface area (Å²) >= 11 is 5.59. The molecule has 9 heteroatoms. The number of nitrogens with zero attached hydrogens (tertiary/aromatic N) is 3. The number of carbonyl (C=O) groups is 1. The molecule has 1 saturated heterocycles. The quantitative estimate of drug-likeness (QED) is 0.527. The molecule has 0 radical (unpaired) electrons. The molecule has 31 heavy (non-hydrogen) atoms. The SMILES string of the molecule is [C-]#[N+]c1ccc(N2C(=O)C(C)(C)N(c3ccc(OCC(O)CO)c(F)c3)C2=S)cc1C. The zero-order valence-electron chi connectivity index (χ0n) is 17.3. The van der Waals surface area contributed by atoms with E-state index in [1.807, 2.05) is 0 Å². The summed E-state index contributed by atoms with van der Waals surface area (Å²) in [5.74, 6) is -1.06. The molecule has 1 unspecified atom stereocenters. The Hall–Kier alpha value is -3.06. The van der Waals surface area contributed by atoms with E-state index in [9.17, 15) is 14.3 Å². The summed E-state index contributed by atoms with van der Waals surface area (Å²) in [6.07, 6.45) is -1.12. The predicted octanol–water partition coefficient (Wildman–Crippen LogP) is 3.33. The van der Waals surface area contributed by atoms with E-state index in [2.05, 4.69) is 4.85 Å². The van der Waals surface area contributed by atoms with Gasteiger partial charge in [-0.25, -0.2) is 9.24 Å². The molecule has 1 aliphatic rings. The van der Waals surface area contributed by atoms with Crippen LogP contribution in [-0.4, -0.2) is 46.1 Å². The van der Waals surface area contributed by atoms with Gasteiger partial charge in [0.15, 0.2) is 22.4 Å². The molecule has 1 aliphatic heterocycles. The normalized spacial score (nSPS) is 16.4. The topological polar surface area (TPSA) is 77.6 Å². The number of aliphatic hydroxyl groups is 2. The summed E-state index contributed by atoms with van der Waals surface area (Å²) in [5, 5.41) is 18.4. The van der Waals surface area contributed by atoms with Gasteiger partial charge in [0.25, 0.3) is 5.91 Å². The van der Waals surface area contributed by atoms with Gasteiger partial charge >= 0.3 is 0 Å². The minimum Gasteiger partial charge on any atom is -0.488 e. The summed E-state index contributed by atoms with van der Waals surface area (Å²) in [6.45, 7) is 11.6. The Bertz CT molecular complexity index is 1080. The molecule has 1 amide bonds. The zero-order valence-corrected chi connectivity index (χ0v) is 18.1. The van der Waals surface area contributed by atoms with E-state index >= 15 is 0 Å². The van der Waals surface area contributed by atoms with Crippen molar-refractivity contribution in [3.8, 4) is 5.75 Å². The fourth-order valence-electron chi connectivity index (χ4n) is 3.34. The molecule has 162 valence electrons. The van der Waals surface area contributed by atoms with Crippen molar-refractivity contribution in [1.29, 1.82) is 0 Å². The standard InChI is InChI=1S/C22H22FN3O4S/c1-13-9-14(5-7-18(13)24-4)25-20(29)22(2,3)26(21(25)31)15-6-8-19(17(23)10-15)30-12-16(28)11-27/h5-10,16,27-28H,11-12H2,1-3H3. The largest absolute Gasteiger partial charge is 0.488 e. The van der Waals surface area contributed by atoms with E-state index in [1.165, 1.54) is 17.0 Å². The number of hydrogen-bond donors (Lipinski definition) is 2. The van der Waals surface area contributed by atoms with Crippen molar-refractivity contribution in [3.63, 3.8) is 0 Å². The van der Waals surface area contributed by atoms with Gasteiger partial charge in [0, 0.05) is 17.4 Å². The fraction of sp³-hybridized carbons (Fsp3) is 0.318. The Kier molecular flexibility index (Phi) is 6.27. The first kappa shape index (κ1) is 22.6. The first-order valence-corrected chi connectivity index (χ1v) is 9.90. The van der Waals surface area contributed by atoms with E-state index in [4.69, 9.17) is 28.6 Å². The van der Waals surface area contributed by atoms with E-state index < -0.39 is 24.1 Å². The number of rotatable bonds is 6. The van der Waals surface area contributed by atoms with Gasteiger partial charge in [-0.3, -0.25) is 9.69 Å². The van der Waals surface area contributed by atoms with Crippen molar-refractivity contribution in [1.82, 2.24) is 0 Å². The Morgan fingerprint density at radius 3 is 2.52 bits per heavy atom. The van der Waals surface area contributed by atoms with Gasteiger partial charge in [-0.2, -0.15) is 0 Å². The molecule has 1 atom stereocenters. The van der Waals surface area contributed by atoms with Gasteiger partial charge in [-0.05, 0) is 62.8 Å². The summed E-state index contributed by atoms with van der Waals surface area (Å²) < 4.78 is 19.8. The molecular formula is C22H22FN3O4S. The van der Waals surface area contributed by atoms with E-state index in [1.54, 1.807) is 49.9 Å². The number of halogens is 1. The van der Waals surface area contributed by atoms with Crippen molar-refractivity contribution in [2.45, 2.75) is 32.4 Å². The van der Waals surface area contributed by atoms with Gasteiger partial charge < -0.3 is 19.8 Å². The molecule has 7 nitrogen and oxygen atoms in total. The smallest absolute Gasteiger partial charge is 0.259 e. The van der Waals surface area contributed by atoms with Crippen molar-refractivity contribution in [3.05, 3.63) is 59.2 Å². The molecule has 0 aliphatic carbocycles. The second-order valence-electron chi connectivity index (χ2n) is 7.66. The van der Waals surface area contributed by atoms with Crippen LogP contribution in [0, 0.1) is 19.3 Å². The van der Waals surface area contributed by atoms with Crippen LogP contribution in [0.3, 0.4) is 0 Å². The average Bonchev–Trinajstić information content (AvgIpc) is 2.90. The lowest BCUT2D eigenvalue weighted by atomic mass is 10.0. The van der Waals surface area contributed by atoms with Crippen LogP contribution in [0.25, 0.3) is 4.85 Å². The number of aryl methyl sites for hydroxylation is 1. The monoisotopic (exact) mass is 443 g/mol. The third-order valence-corrected chi connectivity index (χ3v) is 5.41. The first-order chi connectivity index (χ1) is 14.6. The van der Waals surface area contributed by atoms with Gasteiger partial charge in [0.05, 0.1) is 13.2 Å². The van der Waals surface area contributed by atoms with Gasteiger partial charge in [-0.1, -0.05) is 6.07 Å². The fourth-order valence-corrected chi connectivity index (χ4v) is 3.87. The summed E-state index contributed by atoms with van der Waals surface area (Å²) in [5.41, 5.74) is 1.03. The molecule has 0 saturated carbocycles. The molecule has 0 aromatic heterocycles. The van der Waals surface area contributed by atoms with E-state index in [0.717, 1.165) is 5.56 Å². The summed E-state index contributed by atoms with van der Waals surface area (Å²) in [4.78, 5) is 19.6. The van der Waals surface area contributed by atoms with E-state index in [0.29, 0.717) is 17.1 Å². The van der Waals surface area contributed by atoms with Crippen molar-refractivity contribution < 1.29 is 24.1 Å². The number of benzene rings is 2. The number of carbonyl (C=O) groups excluding carboxylic acids is 1. The molecule has 2 N–H and O–H groups in total. The van der Waals surface area contributed by atoms with E-state index in [-0.39, 0.29) is 23.4 Å². The van der Waals surface area contributed by atoms with Crippen molar-refractivity contribution >= 4 is 40.3 Å². The lowest BCUT2D eigenvalue weighted by Gasteiger charge is -2.29. The maximum absolute atomic E-state index is 14.6. The van der Waals surface area contributed by atoms with Crippen LogP contribution in [0.4, 0.5) is 21.5 Å². The Morgan fingerprint density at radius 1 is 1.26 bits per heavy atom. The highest BCUT2D eigenvalue weighted by molar-refractivity contribution is 7.81. The third kappa shape index (κ3) is 4.10. The first-order valence-electron chi connectivity index (χ1n) is 9.50. The molecule has 2 aromatic carbocycles. The molecule has 0 spiro atoms. The molecular weight excluding hydrogens is 421 g/mol. The zero-order chi connectivity index (χ0) is 22.9. The van der Waals surface area contributed by atoms with Crippen LogP contribution in [0.2, 0.25) is 0 Å². The van der Waals surface area contributed by atoms with Crippen LogP contribution < -0.4 is 14.5 Å². The predicted molar refractivity (Wildman–Crippen MR) is 119 cm³/mol. The third-order valence-electron chi connectivity index (χ3n) is 5.04. The van der Waals surface area contributed by atoms with Gasteiger partial charge in [-0.15, -0.1) is 0 Å². The minimum atomic E-state index is -1.12. The van der Waals surface area contributed by atoms with Crippen molar-refractivity contribution in [2.75, 3.05) is 23.0 Å². The number of aliphatic hydroxyl groups excluding tert-OH is 2. The second-order valence-corrected chi connectivity index (χ2v) is 8.03. The molecule has 1 heterocycles. The molecule has 1 fully saturated rings. The summed E-state index contributed by atoms with van der Waals surface area (Å²) in [6, 6.07) is 9.18. The number of thiocarbonyl (C=S) groups is 1. The van der Waals surface area contributed by atoms with Crippen LogP contribution in [0.15, 0.2) is 36.4 Å². The maximum atomic E-state index is 14.6. The van der Waals surface area contributed by atoms with Crippen molar-refractivity contribution in [2.24, 2.45) is 0 Å². The molecule has 3 rings (SSSR count). The number of amides is 1. The van der Waals surface area contributed by atoms with Crippen LogP contribution in [0.1, 0.15) is 19.4 Å². The lowest BCUT2D eigenvalue weighted by Crippen LogP contribution is -2.44. The number of hydrogen-bond acceptors (Lipinski definition) is 5. The Balaban J connectivity index is 1.94. The molecule has 0 bridgehead atoms. The highest BCUT2D eigenvalue weighted by atomic mass is 32.1. The van der Waals surface area contributed by atoms with Crippen LogP contribution >= 0.6 is 12.2 Å². The number of anilines is 2. The molecule has 2 aromatic rings. The van der Waals surface area contributed by atoms with Gasteiger partial charge in [0.1, 0.15) is 18.2 Å². The van der Waals surface area contributed by atoms with Crippen LogP contribution in [0.5, 0.6) is 5.75 Å². The average molecular weight is 444 g/mol. The number of ether oxygens (including phenoxy) is 1. The van der Waals surface area contributed by atoms with Crippen LogP contribution in [-0.2, 0) is 4.79 Å². The van der Waals surface area contributed by atoms with Gasteiger partial charge in [0.2, 0.25) is 0 Å². The summed E-state index contributed by atoms with van der Waals surface area (Å²) in [7, 11) is 0.